The molecule has 26 heavy (non-hydrogen) atoms. The minimum absolute atomic E-state index is 0.101. The number of carbonyl (C=O) groups excluding carboxylic acids is 1. The van der Waals surface area contributed by atoms with Crippen LogP contribution >= 0.6 is 0 Å². The van der Waals surface area contributed by atoms with Crippen molar-refractivity contribution in [2.75, 3.05) is 43.9 Å². The van der Waals surface area contributed by atoms with Gasteiger partial charge < -0.3 is 20.4 Å². The van der Waals surface area contributed by atoms with Gasteiger partial charge in [0, 0.05) is 36.5 Å². The van der Waals surface area contributed by atoms with E-state index < -0.39 is 0 Å². The molecule has 0 unspecified atom stereocenters. The molecule has 5 heteroatoms. The van der Waals surface area contributed by atoms with Crippen molar-refractivity contribution < 1.29 is 4.79 Å². The second-order valence-corrected chi connectivity index (χ2v) is 8.18. The molecular weight excluding hydrogens is 324 g/mol. The number of urea groups is 1. The maximum absolute atomic E-state index is 12.5. The summed E-state index contributed by atoms with van der Waals surface area (Å²) in [5.41, 5.74) is 3.38. The number of rotatable bonds is 5. The van der Waals surface area contributed by atoms with Crippen molar-refractivity contribution in [3.05, 3.63) is 23.8 Å². The molecule has 0 atom stereocenters. The van der Waals surface area contributed by atoms with Gasteiger partial charge in [0.25, 0.3) is 0 Å². The summed E-state index contributed by atoms with van der Waals surface area (Å²) < 4.78 is 0. The van der Waals surface area contributed by atoms with Gasteiger partial charge in [-0.3, -0.25) is 0 Å². The molecule has 0 bridgehead atoms. The highest BCUT2D eigenvalue weighted by Crippen LogP contribution is 2.31. The third-order valence-electron chi connectivity index (χ3n) is 6.24. The van der Waals surface area contributed by atoms with E-state index in [2.05, 4.69) is 53.6 Å². The van der Waals surface area contributed by atoms with Crippen LogP contribution in [0.25, 0.3) is 0 Å². The van der Waals surface area contributed by atoms with E-state index in [9.17, 15) is 4.79 Å². The van der Waals surface area contributed by atoms with Crippen molar-refractivity contribution in [1.82, 2.24) is 10.2 Å². The van der Waals surface area contributed by atoms with Crippen molar-refractivity contribution in [3.8, 4) is 0 Å². The molecule has 5 nitrogen and oxygen atoms in total. The Morgan fingerprint density at radius 1 is 1.12 bits per heavy atom. The Balaban J connectivity index is 1.57. The molecule has 144 valence electrons. The van der Waals surface area contributed by atoms with Crippen molar-refractivity contribution >= 4 is 17.4 Å². The Hall–Kier alpha value is -1.75. The third-order valence-corrected chi connectivity index (χ3v) is 6.24. The fourth-order valence-corrected chi connectivity index (χ4v) is 4.36. The highest BCUT2D eigenvalue weighted by molar-refractivity contribution is 5.90. The monoisotopic (exact) mass is 358 g/mol. The summed E-state index contributed by atoms with van der Waals surface area (Å²) in [5.74, 6) is 0. The van der Waals surface area contributed by atoms with Crippen molar-refractivity contribution in [2.45, 2.75) is 57.4 Å². The van der Waals surface area contributed by atoms with Gasteiger partial charge in [0.05, 0.1) is 0 Å². The molecule has 1 heterocycles. The van der Waals surface area contributed by atoms with Crippen LogP contribution in [-0.2, 0) is 0 Å². The van der Waals surface area contributed by atoms with Gasteiger partial charge in [-0.15, -0.1) is 0 Å². The second-order valence-electron chi connectivity index (χ2n) is 8.18. The first-order valence-corrected chi connectivity index (χ1v) is 10.1. The number of benzene rings is 1. The molecule has 0 spiro atoms. The molecular formula is C21H34N4O. The van der Waals surface area contributed by atoms with E-state index in [0.29, 0.717) is 6.54 Å². The van der Waals surface area contributed by atoms with Crippen LogP contribution in [-0.4, -0.2) is 50.2 Å². The fourth-order valence-electron chi connectivity index (χ4n) is 4.36. The summed E-state index contributed by atoms with van der Waals surface area (Å²) in [5, 5.41) is 6.15. The summed E-state index contributed by atoms with van der Waals surface area (Å²) in [6.45, 7) is 5.05. The Kier molecular flexibility index (Phi) is 6.07. The molecule has 2 amide bonds. The van der Waals surface area contributed by atoms with Crippen molar-refractivity contribution in [3.63, 3.8) is 0 Å². The largest absolute Gasteiger partial charge is 0.372 e. The number of aryl methyl sites for hydroxylation is 1. The number of amides is 2. The maximum atomic E-state index is 12.5. The predicted octanol–water partition coefficient (Wildman–Crippen LogP) is 3.98. The Labute approximate surface area is 158 Å². The molecule has 1 aromatic carbocycles. The number of hydrogen-bond acceptors (Lipinski definition) is 3. The van der Waals surface area contributed by atoms with E-state index in [-0.39, 0.29) is 11.6 Å². The smallest absolute Gasteiger partial charge is 0.319 e. The summed E-state index contributed by atoms with van der Waals surface area (Å²) in [7, 11) is 4.26. The van der Waals surface area contributed by atoms with Gasteiger partial charge in [0.2, 0.25) is 0 Å². The Morgan fingerprint density at radius 2 is 1.81 bits per heavy atom. The molecule has 1 saturated heterocycles. The predicted molar refractivity (Wildman–Crippen MR) is 109 cm³/mol. The van der Waals surface area contributed by atoms with Crippen LogP contribution in [0.3, 0.4) is 0 Å². The van der Waals surface area contributed by atoms with E-state index in [1.165, 1.54) is 37.8 Å². The highest BCUT2D eigenvalue weighted by Gasteiger charge is 2.34. The first kappa shape index (κ1) is 19.0. The molecule has 0 radical (unpaired) electrons. The summed E-state index contributed by atoms with van der Waals surface area (Å²) in [4.78, 5) is 17.2. The van der Waals surface area contributed by atoms with Gasteiger partial charge in [0.15, 0.2) is 0 Å². The number of hydrogen-bond donors (Lipinski definition) is 2. The van der Waals surface area contributed by atoms with Gasteiger partial charge >= 0.3 is 6.03 Å². The van der Waals surface area contributed by atoms with E-state index in [1.54, 1.807) is 0 Å². The van der Waals surface area contributed by atoms with Gasteiger partial charge in [-0.1, -0.05) is 19.3 Å². The van der Waals surface area contributed by atoms with Crippen molar-refractivity contribution in [2.24, 2.45) is 0 Å². The first-order chi connectivity index (χ1) is 12.5. The average molecular weight is 359 g/mol. The molecule has 1 saturated carbocycles. The van der Waals surface area contributed by atoms with Crippen LogP contribution in [0, 0.1) is 6.92 Å². The number of anilines is 2. The van der Waals surface area contributed by atoms with Crippen LogP contribution in [0.1, 0.15) is 50.5 Å². The summed E-state index contributed by atoms with van der Waals surface area (Å²) in [6.07, 6.45) is 8.67. The lowest BCUT2D eigenvalue weighted by atomic mass is 9.80. The van der Waals surface area contributed by atoms with Crippen LogP contribution < -0.4 is 15.5 Å². The van der Waals surface area contributed by atoms with E-state index >= 15 is 0 Å². The zero-order chi connectivity index (χ0) is 18.6. The molecule has 2 N–H and O–H groups in total. The molecule has 3 rings (SSSR count). The number of carbonyl (C=O) groups is 1. The topological polar surface area (TPSA) is 47.6 Å². The molecule has 2 aliphatic rings. The maximum Gasteiger partial charge on any atom is 0.319 e. The Bertz CT molecular complexity index is 616. The number of likely N-dealkylation sites (N-methyl/N-ethyl adjacent to an activating group) is 1. The van der Waals surface area contributed by atoms with Crippen LogP contribution in [0.2, 0.25) is 0 Å². The molecule has 0 aromatic heterocycles. The summed E-state index contributed by atoms with van der Waals surface area (Å²) >= 11 is 0. The van der Waals surface area contributed by atoms with Crippen LogP contribution in [0.4, 0.5) is 16.2 Å². The Morgan fingerprint density at radius 3 is 2.42 bits per heavy atom. The van der Waals surface area contributed by atoms with Crippen LogP contribution in [0.5, 0.6) is 0 Å². The lowest BCUT2D eigenvalue weighted by molar-refractivity contribution is 0.101. The molecule has 1 aliphatic carbocycles. The van der Waals surface area contributed by atoms with Gasteiger partial charge in [0.1, 0.15) is 0 Å². The fraction of sp³-hybridized carbons (Fsp3) is 0.667. The van der Waals surface area contributed by atoms with E-state index in [4.69, 9.17) is 0 Å². The average Bonchev–Trinajstić information content (AvgIpc) is 3.17. The van der Waals surface area contributed by atoms with Gasteiger partial charge in [-0.25, -0.2) is 4.79 Å². The number of nitrogens with one attached hydrogen (secondary N) is 2. The molecule has 1 aliphatic heterocycles. The lowest BCUT2D eigenvalue weighted by Gasteiger charge is -2.43. The van der Waals surface area contributed by atoms with Gasteiger partial charge in [-0.05, 0) is 70.5 Å². The summed E-state index contributed by atoms with van der Waals surface area (Å²) in [6, 6.07) is 6.24. The molecule has 2 fully saturated rings. The van der Waals surface area contributed by atoms with Crippen LogP contribution in [0.15, 0.2) is 18.2 Å². The second kappa shape index (κ2) is 8.30. The highest BCUT2D eigenvalue weighted by atomic mass is 16.2. The normalized spacial score (nSPS) is 19.6. The first-order valence-electron chi connectivity index (χ1n) is 10.1. The molecule has 1 aromatic rings. The number of nitrogens with zero attached hydrogens (tertiary/aromatic N) is 2. The van der Waals surface area contributed by atoms with E-state index in [0.717, 1.165) is 37.2 Å². The van der Waals surface area contributed by atoms with Gasteiger partial charge in [-0.2, -0.15) is 0 Å². The minimum Gasteiger partial charge on any atom is -0.372 e. The van der Waals surface area contributed by atoms with E-state index in [1.807, 2.05) is 6.07 Å². The van der Waals surface area contributed by atoms with Crippen molar-refractivity contribution in [1.29, 1.82) is 0 Å². The standard InChI is InChI=1S/C21H34N4O/c1-17-15-18(25-13-7-8-14-25)9-10-19(17)23-20(26)22-16-21(24(2)3)11-5-4-6-12-21/h9-10,15H,4-8,11-14,16H2,1-3H3,(H2,22,23,26). The zero-order valence-corrected chi connectivity index (χ0v) is 16.6. The quantitative estimate of drug-likeness (QED) is 0.837. The minimum atomic E-state index is -0.103. The third kappa shape index (κ3) is 4.32. The lowest BCUT2D eigenvalue weighted by Crippen LogP contribution is -2.54. The SMILES string of the molecule is Cc1cc(N2CCCC2)ccc1NC(=O)NCC1(N(C)C)CCCCC1. The zero-order valence-electron chi connectivity index (χ0n) is 16.6.